The summed E-state index contributed by atoms with van der Waals surface area (Å²) in [5.41, 5.74) is 15.1. The molecule has 0 bridgehead atoms. The van der Waals surface area contributed by atoms with E-state index >= 15 is 0 Å². The number of benzene rings is 7. The lowest BCUT2D eigenvalue weighted by Gasteiger charge is -2.26. The third kappa shape index (κ3) is 10.4. The molecule has 2 aromatic heterocycles. The minimum atomic E-state index is 0.00942. The third-order valence-electron chi connectivity index (χ3n) is 13.0. The molecule has 350 valence electrons. The smallest absolute Gasteiger partial charge is 0.164 e. The molecule has 0 saturated heterocycles. The number of rotatable bonds is 8. The lowest BCUT2D eigenvalue weighted by Crippen LogP contribution is -2.16. The molecule has 7 aromatic carbocycles. The Morgan fingerprint density at radius 3 is 0.714 bits per heavy atom. The van der Waals surface area contributed by atoms with Gasteiger partial charge in [0.05, 0.1) is 0 Å². The second kappa shape index (κ2) is 18.5. The lowest BCUT2D eigenvalue weighted by atomic mass is 9.79. The summed E-state index contributed by atoms with van der Waals surface area (Å²) in [7, 11) is 0. The van der Waals surface area contributed by atoms with Gasteiger partial charge >= 0.3 is 0 Å². The molecule has 0 spiro atoms. The van der Waals surface area contributed by atoms with Crippen LogP contribution in [0.2, 0.25) is 0 Å². The number of hydrogen-bond acceptors (Lipinski definition) is 6. The van der Waals surface area contributed by atoms with E-state index in [0.29, 0.717) is 34.9 Å². The molecule has 0 saturated carbocycles. The van der Waals surface area contributed by atoms with Crippen LogP contribution >= 0.6 is 0 Å². The highest BCUT2D eigenvalue weighted by Crippen LogP contribution is 2.38. The van der Waals surface area contributed by atoms with Gasteiger partial charge in [-0.15, -0.1) is 0 Å². The van der Waals surface area contributed by atoms with Crippen molar-refractivity contribution in [3.8, 4) is 90.6 Å². The van der Waals surface area contributed by atoms with Crippen molar-refractivity contribution in [3.05, 3.63) is 192 Å². The van der Waals surface area contributed by atoms with Gasteiger partial charge in [0, 0.05) is 33.4 Å². The maximum Gasteiger partial charge on any atom is 0.164 e. The van der Waals surface area contributed by atoms with Crippen LogP contribution in [-0.2, 0) is 21.7 Å². The maximum absolute atomic E-state index is 5.23. The number of aromatic nitrogens is 6. The van der Waals surface area contributed by atoms with Gasteiger partial charge in [0.25, 0.3) is 0 Å². The minimum Gasteiger partial charge on any atom is -0.208 e. The van der Waals surface area contributed by atoms with E-state index in [1.165, 1.54) is 33.4 Å². The van der Waals surface area contributed by atoms with Crippen molar-refractivity contribution in [2.75, 3.05) is 0 Å². The van der Waals surface area contributed by atoms with Gasteiger partial charge in [-0.25, -0.2) is 29.9 Å². The summed E-state index contributed by atoms with van der Waals surface area (Å²) in [5, 5.41) is 0. The summed E-state index contributed by atoms with van der Waals surface area (Å²) in [5.74, 6) is 3.36. The summed E-state index contributed by atoms with van der Waals surface area (Å²) >= 11 is 0. The Balaban J connectivity index is 1.15. The van der Waals surface area contributed by atoms with E-state index < -0.39 is 0 Å². The SMILES string of the molecule is CC(C)(C)c1cc(-c2ccc(-c3nc(-c4ccccc4)nc(-c4ccccc4-c4nc(-c5ccccc5)nc(-c5ccc(-c6cc(C(C)(C)C)cc(C(C)(C)C)c6)cc5)n4)n3)cc2)cc(C(C)(C)C)c1. The molecule has 0 radical (unpaired) electrons. The molecule has 0 aliphatic rings. The molecule has 2 heterocycles. The first-order valence-corrected chi connectivity index (χ1v) is 24.4. The molecular formula is C64H64N6. The van der Waals surface area contributed by atoms with Crippen molar-refractivity contribution in [2.45, 2.75) is 105 Å². The Morgan fingerprint density at radius 1 is 0.214 bits per heavy atom. The van der Waals surface area contributed by atoms with Crippen molar-refractivity contribution in [1.29, 1.82) is 0 Å². The summed E-state index contributed by atoms with van der Waals surface area (Å²) in [6, 6.07) is 59.5. The largest absolute Gasteiger partial charge is 0.208 e. The van der Waals surface area contributed by atoms with Gasteiger partial charge in [-0.1, -0.05) is 253 Å². The fraction of sp³-hybridized carbons (Fsp3) is 0.250. The van der Waals surface area contributed by atoms with Gasteiger partial charge in [0.15, 0.2) is 34.9 Å². The zero-order chi connectivity index (χ0) is 49.6. The summed E-state index contributed by atoms with van der Waals surface area (Å²) in [6.07, 6.45) is 0. The molecule has 0 atom stereocenters. The zero-order valence-electron chi connectivity index (χ0n) is 42.8. The molecule has 6 nitrogen and oxygen atoms in total. The highest BCUT2D eigenvalue weighted by Gasteiger charge is 2.24. The van der Waals surface area contributed by atoms with E-state index in [1.54, 1.807) is 0 Å². The van der Waals surface area contributed by atoms with Crippen molar-refractivity contribution in [1.82, 2.24) is 29.9 Å². The van der Waals surface area contributed by atoms with Crippen molar-refractivity contribution in [2.24, 2.45) is 0 Å². The van der Waals surface area contributed by atoms with Crippen LogP contribution < -0.4 is 0 Å². The van der Waals surface area contributed by atoms with Crippen molar-refractivity contribution < 1.29 is 0 Å². The standard InChI is InChI=1S/C64H64N6/c1-61(2,3)49-35-47(36-50(39-49)62(4,5)6)41-27-31-45(32-28-41)57-65-55(43-21-15-13-16-22-43)67-59(69-57)53-25-19-20-26-54(53)60-68-56(44-23-17-14-18-24-44)66-58(70-60)46-33-29-42(30-34-46)48-37-51(63(7,8)9)40-52(38-48)64(10,11)12/h13-40H,1-12H3. The molecule has 0 amide bonds. The maximum atomic E-state index is 5.23. The first-order chi connectivity index (χ1) is 33.2. The van der Waals surface area contributed by atoms with Crippen LogP contribution in [0.3, 0.4) is 0 Å². The van der Waals surface area contributed by atoms with Crippen LogP contribution in [0.1, 0.15) is 105 Å². The Hall–Kier alpha value is -7.44. The molecule has 0 aliphatic heterocycles. The van der Waals surface area contributed by atoms with Gasteiger partial charge in [0.1, 0.15) is 0 Å². The van der Waals surface area contributed by atoms with Crippen molar-refractivity contribution >= 4 is 0 Å². The topological polar surface area (TPSA) is 77.3 Å². The predicted molar refractivity (Wildman–Crippen MR) is 291 cm³/mol. The third-order valence-corrected chi connectivity index (χ3v) is 13.0. The number of nitrogens with zero attached hydrogens (tertiary/aromatic N) is 6. The first kappa shape index (κ1) is 47.6. The molecule has 0 aliphatic carbocycles. The molecule has 0 fully saturated rings. The average molecular weight is 917 g/mol. The monoisotopic (exact) mass is 917 g/mol. The van der Waals surface area contributed by atoms with Gasteiger partial charge in [-0.05, 0) is 66.2 Å². The van der Waals surface area contributed by atoms with E-state index in [9.17, 15) is 0 Å². The molecule has 6 heteroatoms. The molecule has 70 heavy (non-hydrogen) atoms. The van der Waals surface area contributed by atoms with E-state index in [0.717, 1.165) is 44.5 Å². The predicted octanol–water partition coefficient (Wildman–Crippen LogP) is 16.6. The highest BCUT2D eigenvalue weighted by atomic mass is 15.1. The summed E-state index contributed by atoms with van der Waals surface area (Å²) in [4.78, 5) is 31.0. The van der Waals surface area contributed by atoms with Crippen LogP contribution in [-0.4, -0.2) is 29.9 Å². The minimum absolute atomic E-state index is 0.00942. The van der Waals surface area contributed by atoms with Crippen LogP contribution in [0.5, 0.6) is 0 Å². The Labute approximate surface area is 415 Å². The summed E-state index contributed by atoms with van der Waals surface area (Å²) in [6.45, 7) is 27.3. The molecule has 0 unspecified atom stereocenters. The summed E-state index contributed by atoms with van der Waals surface area (Å²) < 4.78 is 0. The Morgan fingerprint density at radius 2 is 0.443 bits per heavy atom. The Kier molecular flexibility index (Phi) is 12.6. The van der Waals surface area contributed by atoms with Crippen LogP contribution in [0.25, 0.3) is 90.6 Å². The van der Waals surface area contributed by atoms with Crippen LogP contribution in [0.4, 0.5) is 0 Å². The molecule has 9 rings (SSSR count). The van der Waals surface area contributed by atoms with Crippen LogP contribution in [0, 0.1) is 0 Å². The second-order valence-corrected chi connectivity index (χ2v) is 22.6. The second-order valence-electron chi connectivity index (χ2n) is 22.6. The van der Waals surface area contributed by atoms with Gasteiger partial charge in [-0.3, -0.25) is 0 Å². The van der Waals surface area contributed by atoms with Crippen molar-refractivity contribution in [3.63, 3.8) is 0 Å². The molecule has 9 aromatic rings. The Bertz CT molecular complexity index is 3020. The van der Waals surface area contributed by atoms with Gasteiger partial charge < -0.3 is 0 Å². The zero-order valence-corrected chi connectivity index (χ0v) is 42.8. The molecule has 0 N–H and O–H groups in total. The van der Waals surface area contributed by atoms with Gasteiger partial charge in [0.2, 0.25) is 0 Å². The average Bonchev–Trinajstić information content (AvgIpc) is 3.35. The van der Waals surface area contributed by atoms with E-state index in [1.807, 2.05) is 84.9 Å². The normalized spacial score (nSPS) is 12.3. The highest BCUT2D eigenvalue weighted by molar-refractivity contribution is 5.81. The fourth-order valence-electron chi connectivity index (χ4n) is 8.50. The number of hydrogen-bond donors (Lipinski definition) is 0. The van der Waals surface area contributed by atoms with Crippen LogP contribution in [0.15, 0.2) is 170 Å². The van der Waals surface area contributed by atoms with E-state index in [-0.39, 0.29) is 21.7 Å². The fourth-order valence-corrected chi connectivity index (χ4v) is 8.50. The van der Waals surface area contributed by atoms with E-state index in [2.05, 4.69) is 168 Å². The quantitative estimate of drug-likeness (QED) is 0.151. The van der Waals surface area contributed by atoms with E-state index in [4.69, 9.17) is 29.9 Å². The first-order valence-electron chi connectivity index (χ1n) is 24.4. The molecular weight excluding hydrogens is 853 g/mol. The van der Waals surface area contributed by atoms with Gasteiger partial charge in [-0.2, -0.15) is 0 Å². The lowest BCUT2D eigenvalue weighted by molar-refractivity contribution is 0.568.